The molecule has 0 saturated carbocycles. The molecule has 0 radical (unpaired) electrons. The molecule has 0 saturated heterocycles. The zero-order valence-electron chi connectivity index (χ0n) is 16.8. The first-order valence-corrected chi connectivity index (χ1v) is 11.0. The number of amides is 2. The second-order valence-corrected chi connectivity index (χ2v) is 8.72. The summed E-state index contributed by atoms with van der Waals surface area (Å²) >= 11 is 7.64. The van der Waals surface area contributed by atoms with Crippen LogP contribution in [0.5, 0.6) is 5.75 Å². The molecule has 0 bridgehead atoms. The Kier molecular flexibility index (Phi) is 6.74. The summed E-state index contributed by atoms with van der Waals surface area (Å²) in [5.74, 6) is 2.18. The summed E-state index contributed by atoms with van der Waals surface area (Å²) in [7, 11) is 0. The van der Waals surface area contributed by atoms with E-state index in [1.165, 1.54) is 0 Å². The molecule has 3 rings (SSSR count). The van der Waals surface area contributed by atoms with Gasteiger partial charge in [-0.3, -0.25) is 9.59 Å². The number of carbonyl (C=O) groups excluding carboxylic acids is 2. The SMILES string of the molecule is CCCNC(=O)Cn1nc2c(c1NC(=O)C(C)(C)Oc1ccc(Cl)cc1)CSC2. The summed E-state index contributed by atoms with van der Waals surface area (Å²) in [5, 5.41) is 10.9. The number of hydrogen-bond acceptors (Lipinski definition) is 5. The zero-order chi connectivity index (χ0) is 21.0. The standard InChI is InChI=1S/C20H25ClN4O3S/c1-4-9-22-17(26)10-25-18(15-11-29-12-16(15)24-25)23-19(27)20(2,3)28-14-7-5-13(21)6-8-14/h5-8H,4,9-12H2,1-3H3,(H,22,26)(H,23,27). The second kappa shape index (κ2) is 9.09. The minimum atomic E-state index is -1.13. The number of hydrogen-bond donors (Lipinski definition) is 2. The number of ether oxygens (including phenoxy) is 1. The van der Waals surface area contributed by atoms with Crippen molar-refractivity contribution in [1.82, 2.24) is 15.1 Å². The van der Waals surface area contributed by atoms with Crippen LogP contribution >= 0.6 is 23.4 Å². The Hall–Kier alpha value is -2.19. The van der Waals surface area contributed by atoms with Gasteiger partial charge in [0.15, 0.2) is 5.60 Å². The van der Waals surface area contributed by atoms with Crippen LogP contribution < -0.4 is 15.4 Å². The third-order valence-electron chi connectivity index (χ3n) is 4.45. The molecule has 0 aliphatic carbocycles. The van der Waals surface area contributed by atoms with Gasteiger partial charge in [-0.1, -0.05) is 18.5 Å². The molecule has 7 nitrogen and oxygen atoms in total. The minimum absolute atomic E-state index is 0.0613. The topological polar surface area (TPSA) is 85.3 Å². The molecule has 29 heavy (non-hydrogen) atoms. The van der Waals surface area contributed by atoms with Crippen molar-refractivity contribution in [1.29, 1.82) is 0 Å². The lowest BCUT2D eigenvalue weighted by Crippen LogP contribution is -2.43. The fourth-order valence-corrected chi connectivity index (χ4v) is 4.04. The van der Waals surface area contributed by atoms with Gasteiger partial charge in [0.1, 0.15) is 18.1 Å². The molecule has 0 unspecified atom stereocenters. The summed E-state index contributed by atoms with van der Waals surface area (Å²) in [4.78, 5) is 25.2. The molecule has 9 heteroatoms. The third-order valence-corrected chi connectivity index (χ3v) is 5.67. The Bertz CT molecular complexity index is 896. The van der Waals surface area contributed by atoms with Crippen LogP contribution in [0, 0.1) is 0 Å². The van der Waals surface area contributed by atoms with E-state index in [4.69, 9.17) is 16.3 Å². The number of anilines is 1. The fourth-order valence-electron chi connectivity index (χ4n) is 2.88. The number of nitrogens with one attached hydrogen (secondary N) is 2. The number of carbonyl (C=O) groups is 2. The van der Waals surface area contributed by atoms with Gasteiger partial charge in [0, 0.05) is 28.6 Å². The summed E-state index contributed by atoms with van der Waals surface area (Å²) in [5.41, 5.74) is 0.741. The van der Waals surface area contributed by atoms with E-state index in [0.29, 0.717) is 23.1 Å². The molecule has 2 amide bonds. The van der Waals surface area contributed by atoms with Crippen molar-refractivity contribution >= 4 is 41.0 Å². The molecule has 1 aromatic heterocycles. The number of rotatable bonds is 8. The second-order valence-electron chi connectivity index (χ2n) is 7.29. The third kappa shape index (κ3) is 5.25. The van der Waals surface area contributed by atoms with Crippen molar-refractivity contribution < 1.29 is 14.3 Å². The summed E-state index contributed by atoms with van der Waals surface area (Å²) in [6.45, 7) is 6.06. The van der Waals surface area contributed by atoms with Gasteiger partial charge in [0.25, 0.3) is 5.91 Å². The van der Waals surface area contributed by atoms with Gasteiger partial charge in [-0.05, 0) is 44.5 Å². The Labute approximate surface area is 179 Å². The van der Waals surface area contributed by atoms with Crippen LogP contribution in [0.3, 0.4) is 0 Å². The van der Waals surface area contributed by atoms with Gasteiger partial charge in [-0.15, -0.1) is 0 Å². The molecule has 2 N–H and O–H groups in total. The van der Waals surface area contributed by atoms with Gasteiger partial charge in [0.05, 0.1) is 5.69 Å². The zero-order valence-corrected chi connectivity index (χ0v) is 18.3. The van der Waals surface area contributed by atoms with Crippen LogP contribution in [0.15, 0.2) is 24.3 Å². The van der Waals surface area contributed by atoms with Crippen molar-refractivity contribution in [3.05, 3.63) is 40.5 Å². The molecular formula is C20H25ClN4O3S. The molecule has 1 aliphatic rings. The first kappa shape index (κ1) is 21.5. The number of halogens is 1. The number of fused-ring (bicyclic) bond motifs is 1. The smallest absolute Gasteiger partial charge is 0.269 e. The molecule has 1 aliphatic heterocycles. The quantitative estimate of drug-likeness (QED) is 0.660. The largest absolute Gasteiger partial charge is 0.478 e. The lowest BCUT2D eigenvalue weighted by atomic mass is 10.1. The molecule has 0 atom stereocenters. The van der Waals surface area contributed by atoms with E-state index >= 15 is 0 Å². The van der Waals surface area contributed by atoms with Crippen LogP contribution in [0.25, 0.3) is 0 Å². The normalized spacial score (nSPS) is 13.1. The highest BCUT2D eigenvalue weighted by Crippen LogP contribution is 2.35. The number of thioether (sulfide) groups is 1. The van der Waals surface area contributed by atoms with Gasteiger partial charge in [0.2, 0.25) is 5.91 Å². The van der Waals surface area contributed by atoms with Crippen molar-refractivity contribution in [3.8, 4) is 5.75 Å². The first-order valence-electron chi connectivity index (χ1n) is 9.49. The van der Waals surface area contributed by atoms with Gasteiger partial charge in [-0.2, -0.15) is 16.9 Å². The highest BCUT2D eigenvalue weighted by atomic mass is 35.5. The molecule has 156 valence electrons. The average molecular weight is 437 g/mol. The molecule has 1 aromatic carbocycles. The maximum absolute atomic E-state index is 13.0. The van der Waals surface area contributed by atoms with E-state index in [9.17, 15) is 9.59 Å². The van der Waals surface area contributed by atoms with Crippen LogP contribution in [0.1, 0.15) is 38.4 Å². The average Bonchev–Trinajstić information content (AvgIpc) is 3.24. The number of aromatic nitrogens is 2. The van der Waals surface area contributed by atoms with Gasteiger partial charge < -0.3 is 15.4 Å². The highest BCUT2D eigenvalue weighted by Gasteiger charge is 2.33. The van der Waals surface area contributed by atoms with E-state index in [2.05, 4.69) is 15.7 Å². The summed E-state index contributed by atoms with van der Waals surface area (Å²) < 4.78 is 7.45. The Morgan fingerprint density at radius 1 is 1.28 bits per heavy atom. The monoisotopic (exact) mass is 436 g/mol. The minimum Gasteiger partial charge on any atom is -0.478 e. The Morgan fingerprint density at radius 2 is 2.00 bits per heavy atom. The molecular weight excluding hydrogens is 412 g/mol. The van der Waals surface area contributed by atoms with Crippen LogP contribution in [0.2, 0.25) is 5.02 Å². The maximum Gasteiger partial charge on any atom is 0.269 e. The van der Waals surface area contributed by atoms with E-state index < -0.39 is 5.60 Å². The molecule has 2 aromatic rings. The van der Waals surface area contributed by atoms with Crippen LogP contribution in [-0.2, 0) is 27.6 Å². The van der Waals surface area contributed by atoms with Crippen molar-refractivity contribution in [2.75, 3.05) is 11.9 Å². The summed E-state index contributed by atoms with van der Waals surface area (Å²) in [6, 6.07) is 6.85. The Morgan fingerprint density at radius 3 is 2.69 bits per heavy atom. The van der Waals surface area contributed by atoms with E-state index in [-0.39, 0.29) is 18.4 Å². The molecule has 0 fully saturated rings. The van der Waals surface area contributed by atoms with Crippen molar-refractivity contribution in [3.63, 3.8) is 0 Å². The number of benzene rings is 1. The summed E-state index contributed by atoms with van der Waals surface area (Å²) in [6.07, 6.45) is 0.859. The van der Waals surface area contributed by atoms with Gasteiger partial charge in [-0.25, -0.2) is 4.68 Å². The first-order chi connectivity index (χ1) is 13.8. The highest BCUT2D eigenvalue weighted by molar-refractivity contribution is 7.98. The van der Waals surface area contributed by atoms with E-state index in [1.807, 2.05) is 6.92 Å². The number of nitrogens with zero attached hydrogens (tertiary/aromatic N) is 2. The lowest BCUT2D eigenvalue weighted by molar-refractivity contribution is -0.128. The lowest BCUT2D eigenvalue weighted by Gasteiger charge is -2.25. The predicted molar refractivity (Wildman–Crippen MR) is 115 cm³/mol. The predicted octanol–water partition coefficient (Wildman–Crippen LogP) is 3.61. The molecule has 0 spiro atoms. The van der Waals surface area contributed by atoms with Crippen LogP contribution in [0.4, 0.5) is 5.82 Å². The maximum atomic E-state index is 13.0. The fraction of sp³-hybridized carbons (Fsp3) is 0.450. The van der Waals surface area contributed by atoms with E-state index in [0.717, 1.165) is 29.2 Å². The Balaban J connectivity index is 1.76. The molecule has 2 heterocycles. The van der Waals surface area contributed by atoms with Crippen molar-refractivity contribution in [2.45, 2.75) is 50.8 Å². The van der Waals surface area contributed by atoms with Crippen molar-refractivity contribution in [2.24, 2.45) is 0 Å². The van der Waals surface area contributed by atoms with Crippen LogP contribution in [-0.4, -0.2) is 33.7 Å². The van der Waals surface area contributed by atoms with E-state index in [1.54, 1.807) is 54.6 Å². The van der Waals surface area contributed by atoms with Gasteiger partial charge >= 0.3 is 0 Å².